The van der Waals surface area contributed by atoms with Gasteiger partial charge >= 0.3 is 7.12 Å². The molecule has 1 atom stereocenters. The average molecular weight is 252 g/mol. The highest BCUT2D eigenvalue weighted by Gasteiger charge is 2.50. The molecule has 0 aromatic heterocycles. The SMILES string of the molecule is CC1(C)OB(CCC2CCCC(=O)C2)OC1(C)C. The van der Waals surface area contributed by atoms with Gasteiger partial charge in [-0.3, -0.25) is 4.79 Å². The van der Waals surface area contributed by atoms with Crippen LogP contribution < -0.4 is 0 Å². The molecule has 0 amide bonds. The predicted molar refractivity (Wildman–Crippen MR) is 72.5 cm³/mol. The summed E-state index contributed by atoms with van der Waals surface area (Å²) in [6.07, 6.45) is 5.75. The minimum Gasteiger partial charge on any atom is -0.403 e. The molecule has 0 N–H and O–H groups in total. The van der Waals surface area contributed by atoms with Crippen molar-refractivity contribution in [3.05, 3.63) is 0 Å². The lowest BCUT2D eigenvalue weighted by molar-refractivity contribution is -0.121. The van der Waals surface area contributed by atoms with E-state index in [9.17, 15) is 4.79 Å². The Labute approximate surface area is 111 Å². The monoisotopic (exact) mass is 252 g/mol. The molecule has 0 radical (unpaired) electrons. The Morgan fingerprint density at radius 2 is 1.83 bits per heavy atom. The van der Waals surface area contributed by atoms with E-state index in [0.29, 0.717) is 11.7 Å². The molecule has 4 heteroatoms. The lowest BCUT2D eigenvalue weighted by Gasteiger charge is -2.32. The second kappa shape index (κ2) is 4.97. The van der Waals surface area contributed by atoms with Crippen LogP contribution in [0.25, 0.3) is 0 Å². The maximum absolute atomic E-state index is 11.4. The summed E-state index contributed by atoms with van der Waals surface area (Å²) in [5, 5.41) is 0. The first kappa shape index (κ1) is 14.1. The van der Waals surface area contributed by atoms with Crippen molar-refractivity contribution in [3.63, 3.8) is 0 Å². The maximum atomic E-state index is 11.4. The number of carbonyl (C=O) groups excluding carboxylic acids is 1. The highest BCUT2D eigenvalue weighted by molar-refractivity contribution is 6.45. The molecule has 1 heterocycles. The number of hydrogen-bond donors (Lipinski definition) is 0. The molecule has 0 aromatic carbocycles. The van der Waals surface area contributed by atoms with Gasteiger partial charge in [0, 0.05) is 12.8 Å². The van der Waals surface area contributed by atoms with Crippen LogP contribution in [0.4, 0.5) is 0 Å². The molecule has 102 valence electrons. The van der Waals surface area contributed by atoms with Gasteiger partial charge in [0.25, 0.3) is 0 Å². The van der Waals surface area contributed by atoms with E-state index in [1.807, 2.05) is 0 Å². The van der Waals surface area contributed by atoms with E-state index in [0.717, 1.165) is 32.0 Å². The lowest BCUT2D eigenvalue weighted by atomic mass is 9.76. The predicted octanol–water partition coefficient (Wildman–Crippen LogP) is 3.23. The second-order valence-electron chi connectivity index (χ2n) is 6.76. The zero-order valence-electron chi connectivity index (χ0n) is 12.1. The maximum Gasteiger partial charge on any atom is 0.457 e. The van der Waals surface area contributed by atoms with Crippen molar-refractivity contribution in [2.24, 2.45) is 5.92 Å². The topological polar surface area (TPSA) is 35.5 Å². The second-order valence-corrected chi connectivity index (χ2v) is 6.76. The summed E-state index contributed by atoms with van der Waals surface area (Å²) in [6.45, 7) is 8.32. The minimum absolute atomic E-state index is 0.105. The quantitative estimate of drug-likeness (QED) is 0.723. The molecule has 0 aromatic rings. The Bertz CT molecular complexity index is 309. The number of carbonyl (C=O) groups is 1. The van der Waals surface area contributed by atoms with Gasteiger partial charge in [0.15, 0.2) is 0 Å². The largest absolute Gasteiger partial charge is 0.457 e. The zero-order valence-corrected chi connectivity index (χ0v) is 12.1. The third-order valence-corrected chi connectivity index (χ3v) is 4.70. The molecular weight excluding hydrogens is 227 g/mol. The molecule has 3 nitrogen and oxygen atoms in total. The number of rotatable bonds is 3. The fraction of sp³-hybridized carbons (Fsp3) is 0.929. The number of Topliss-reactive ketones (excluding diaryl/α,β-unsaturated/α-hetero) is 1. The smallest absolute Gasteiger partial charge is 0.403 e. The van der Waals surface area contributed by atoms with Gasteiger partial charge in [-0.1, -0.05) is 6.42 Å². The van der Waals surface area contributed by atoms with Crippen molar-refractivity contribution < 1.29 is 14.1 Å². The summed E-state index contributed by atoms with van der Waals surface area (Å²) in [4.78, 5) is 11.4. The molecule has 0 bridgehead atoms. The van der Waals surface area contributed by atoms with E-state index >= 15 is 0 Å². The molecule has 0 spiro atoms. The molecule has 1 saturated carbocycles. The average Bonchev–Trinajstić information content (AvgIpc) is 2.45. The Balaban J connectivity index is 1.80. The Kier molecular flexibility index (Phi) is 3.89. The van der Waals surface area contributed by atoms with Crippen molar-refractivity contribution in [3.8, 4) is 0 Å². The third kappa shape index (κ3) is 2.97. The molecule has 2 aliphatic rings. The van der Waals surface area contributed by atoms with Crippen molar-refractivity contribution in [1.82, 2.24) is 0 Å². The van der Waals surface area contributed by atoms with Crippen LogP contribution in [-0.2, 0) is 14.1 Å². The van der Waals surface area contributed by atoms with Crippen LogP contribution in [0.2, 0.25) is 6.32 Å². The molecule has 18 heavy (non-hydrogen) atoms. The first-order valence-corrected chi connectivity index (χ1v) is 7.17. The van der Waals surface area contributed by atoms with Crippen LogP contribution in [0.1, 0.15) is 59.8 Å². The molecule has 2 rings (SSSR count). The van der Waals surface area contributed by atoms with Gasteiger partial charge in [-0.05, 0) is 52.8 Å². The van der Waals surface area contributed by atoms with Crippen LogP contribution in [0.3, 0.4) is 0 Å². The van der Waals surface area contributed by atoms with Crippen LogP contribution in [0, 0.1) is 5.92 Å². The van der Waals surface area contributed by atoms with Gasteiger partial charge in [0.1, 0.15) is 5.78 Å². The fourth-order valence-corrected chi connectivity index (χ4v) is 2.82. The van der Waals surface area contributed by atoms with Gasteiger partial charge in [0.05, 0.1) is 11.2 Å². The van der Waals surface area contributed by atoms with Crippen molar-refractivity contribution in [2.75, 3.05) is 0 Å². The first-order chi connectivity index (χ1) is 8.30. The van der Waals surface area contributed by atoms with Crippen LogP contribution >= 0.6 is 0 Å². The Morgan fingerprint density at radius 3 is 2.39 bits per heavy atom. The molecule has 1 aliphatic carbocycles. The summed E-state index contributed by atoms with van der Waals surface area (Å²) in [6, 6.07) is 0. The van der Waals surface area contributed by atoms with Gasteiger partial charge < -0.3 is 9.31 Å². The Morgan fingerprint density at radius 1 is 1.22 bits per heavy atom. The van der Waals surface area contributed by atoms with E-state index in [1.165, 1.54) is 6.42 Å². The summed E-state index contributed by atoms with van der Waals surface area (Å²) >= 11 is 0. The van der Waals surface area contributed by atoms with Crippen molar-refractivity contribution in [2.45, 2.75) is 77.3 Å². The van der Waals surface area contributed by atoms with Crippen LogP contribution in [0.15, 0.2) is 0 Å². The number of hydrogen-bond acceptors (Lipinski definition) is 3. The van der Waals surface area contributed by atoms with Crippen LogP contribution in [0.5, 0.6) is 0 Å². The Hall–Kier alpha value is -0.345. The van der Waals surface area contributed by atoms with E-state index in [4.69, 9.17) is 9.31 Å². The fourth-order valence-electron chi connectivity index (χ4n) is 2.82. The first-order valence-electron chi connectivity index (χ1n) is 7.17. The lowest BCUT2D eigenvalue weighted by Crippen LogP contribution is -2.41. The normalized spacial score (nSPS) is 30.8. The van der Waals surface area contributed by atoms with Gasteiger partial charge in [-0.15, -0.1) is 0 Å². The number of ketones is 1. The van der Waals surface area contributed by atoms with Gasteiger partial charge in [0.2, 0.25) is 0 Å². The van der Waals surface area contributed by atoms with Gasteiger partial charge in [-0.2, -0.15) is 0 Å². The minimum atomic E-state index is -0.236. The van der Waals surface area contributed by atoms with E-state index < -0.39 is 0 Å². The van der Waals surface area contributed by atoms with E-state index in [1.54, 1.807) is 0 Å². The molecular formula is C14H25BO3. The van der Waals surface area contributed by atoms with Crippen molar-refractivity contribution >= 4 is 12.9 Å². The van der Waals surface area contributed by atoms with Crippen LogP contribution in [-0.4, -0.2) is 24.1 Å². The molecule has 1 aliphatic heterocycles. The molecule has 1 unspecified atom stereocenters. The van der Waals surface area contributed by atoms with Crippen molar-refractivity contribution in [1.29, 1.82) is 0 Å². The summed E-state index contributed by atoms with van der Waals surface area (Å²) in [5.74, 6) is 0.977. The highest BCUT2D eigenvalue weighted by Crippen LogP contribution is 2.39. The zero-order chi connectivity index (χ0) is 13.4. The summed E-state index contributed by atoms with van der Waals surface area (Å²) in [5.41, 5.74) is -0.472. The highest BCUT2D eigenvalue weighted by atomic mass is 16.7. The summed E-state index contributed by atoms with van der Waals surface area (Å²) < 4.78 is 11.9. The third-order valence-electron chi connectivity index (χ3n) is 4.70. The molecule has 1 saturated heterocycles. The molecule has 2 fully saturated rings. The van der Waals surface area contributed by atoms with E-state index in [-0.39, 0.29) is 18.3 Å². The van der Waals surface area contributed by atoms with E-state index in [2.05, 4.69) is 27.7 Å². The standard InChI is InChI=1S/C14H25BO3/c1-13(2)14(3,4)18-15(17-13)9-8-11-6-5-7-12(16)10-11/h11H,5-10H2,1-4H3. The van der Waals surface area contributed by atoms with Gasteiger partial charge in [-0.25, -0.2) is 0 Å². The summed E-state index contributed by atoms with van der Waals surface area (Å²) in [7, 11) is -0.105.